The normalized spacial score (nSPS) is 21.6. The van der Waals surface area contributed by atoms with E-state index < -0.39 is 0 Å². The van der Waals surface area contributed by atoms with Gasteiger partial charge in [0.05, 0.1) is 0 Å². The van der Waals surface area contributed by atoms with Crippen molar-refractivity contribution >= 4 is 35.8 Å². The summed E-state index contributed by atoms with van der Waals surface area (Å²) in [5.74, 6) is 2.06. The van der Waals surface area contributed by atoms with Crippen molar-refractivity contribution in [3.05, 3.63) is 0 Å². The first-order valence-corrected chi connectivity index (χ1v) is 10.2. The fourth-order valence-electron chi connectivity index (χ4n) is 3.73. The zero-order valence-electron chi connectivity index (χ0n) is 16.6. The first-order chi connectivity index (χ1) is 12.2. The molecular formula is C19H38IN5O. The summed E-state index contributed by atoms with van der Waals surface area (Å²) in [4.78, 5) is 20.8. The number of nitrogens with zero attached hydrogens (tertiary/aromatic N) is 3. The zero-order chi connectivity index (χ0) is 17.9. The van der Waals surface area contributed by atoms with Gasteiger partial charge in [0.1, 0.15) is 0 Å². The third kappa shape index (κ3) is 8.88. The Bertz CT molecular complexity index is 432. The van der Waals surface area contributed by atoms with E-state index in [4.69, 9.17) is 0 Å². The summed E-state index contributed by atoms with van der Waals surface area (Å²) in [6.45, 7) is 12.5. The second-order valence-electron chi connectivity index (χ2n) is 7.43. The molecule has 0 aromatic rings. The number of hydrogen-bond acceptors (Lipinski definition) is 3. The van der Waals surface area contributed by atoms with E-state index >= 15 is 0 Å². The largest absolute Gasteiger partial charge is 0.357 e. The maximum absolute atomic E-state index is 11.6. The maximum atomic E-state index is 11.6. The van der Waals surface area contributed by atoms with Crippen LogP contribution in [0, 0.1) is 5.92 Å². The molecule has 1 unspecified atom stereocenters. The van der Waals surface area contributed by atoms with Gasteiger partial charge < -0.3 is 20.4 Å². The smallest absolute Gasteiger partial charge is 0.222 e. The predicted octanol–water partition coefficient (Wildman–Crippen LogP) is 2.29. The summed E-state index contributed by atoms with van der Waals surface area (Å²) < 4.78 is 0. The van der Waals surface area contributed by atoms with Crippen LogP contribution in [0.1, 0.15) is 52.4 Å². The first-order valence-electron chi connectivity index (χ1n) is 10.2. The Hall–Kier alpha value is -0.570. The van der Waals surface area contributed by atoms with Crippen LogP contribution in [0.4, 0.5) is 0 Å². The van der Waals surface area contributed by atoms with Crippen LogP contribution >= 0.6 is 24.0 Å². The van der Waals surface area contributed by atoms with Gasteiger partial charge >= 0.3 is 0 Å². The summed E-state index contributed by atoms with van der Waals surface area (Å²) in [6, 6.07) is 0. The Morgan fingerprint density at radius 1 is 1.19 bits per heavy atom. The van der Waals surface area contributed by atoms with Crippen molar-refractivity contribution < 1.29 is 4.79 Å². The molecule has 0 spiro atoms. The Labute approximate surface area is 176 Å². The lowest BCUT2D eigenvalue weighted by atomic mass is 10.0. The van der Waals surface area contributed by atoms with E-state index in [1.54, 1.807) is 0 Å². The lowest BCUT2D eigenvalue weighted by Crippen LogP contribution is -2.40. The Morgan fingerprint density at radius 2 is 2.04 bits per heavy atom. The van der Waals surface area contributed by atoms with Crippen molar-refractivity contribution in [1.82, 2.24) is 20.4 Å². The van der Waals surface area contributed by atoms with Gasteiger partial charge in [0.25, 0.3) is 0 Å². The number of likely N-dealkylation sites (tertiary alicyclic amines) is 2. The fraction of sp³-hybridized carbons (Fsp3) is 0.895. The van der Waals surface area contributed by atoms with Crippen LogP contribution in [0.15, 0.2) is 4.99 Å². The van der Waals surface area contributed by atoms with E-state index in [9.17, 15) is 4.79 Å². The lowest BCUT2D eigenvalue weighted by Gasteiger charge is -2.30. The molecule has 0 radical (unpaired) electrons. The number of halogens is 1. The maximum Gasteiger partial charge on any atom is 0.222 e. The highest BCUT2D eigenvalue weighted by Gasteiger charge is 2.19. The first kappa shape index (κ1) is 23.5. The van der Waals surface area contributed by atoms with E-state index in [-0.39, 0.29) is 24.0 Å². The molecule has 0 aliphatic carbocycles. The highest BCUT2D eigenvalue weighted by atomic mass is 127. The molecule has 152 valence electrons. The summed E-state index contributed by atoms with van der Waals surface area (Å²) >= 11 is 0. The lowest BCUT2D eigenvalue weighted by molar-refractivity contribution is -0.127. The quantitative estimate of drug-likeness (QED) is 0.231. The van der Waals surface area contributed by atoms with Gasteiger partial charge in [0.15, 0.2) is 5.96 Å². The van der Waals surface area contributed by atoms with Crippen molar-refractivity contribution in [2.24, 2.45) is 10.9 Å². The summed E-state index contributed by atoms with van der Waals surface area (Å²) in [6.07, 6.45) is 6.56. The molecule has 1 amide bonds. The third-order valence-corrected chi connectivity index (χ3v) is 5.06. The molecule has 0 aromatic carbocycles. The zero-order valence-corrected chi connectivity index (χ0v) is 19.0. The number of amides is 1. The molecule has 1 atom stereocenters. The van der Waals surface area contributed by atoms with Crippen LogP contribution in [0.25, 0.3) is 0 Å². The molecule has 0 bridgehead atoms. The van der Waals surface area contributed by atoms with E-state index in [2.05, 4.69) is 34.4 Å². The monoisotopic (exact) mass is 479 g/mol. The number of carbonyl (C=O) groups excluding carboxylic acids is 1. The van der Waals surface area contributed by atoms with E-state index in [1.165, 1.54) is 32.5 Å². The van der Waals surface area contributed by atoms with E-state index in [1.807, 2.05) is 4.90 Å². The minimum absolute atomic E-state index is 0. The van der Waals surface area contributed by atoms with Crippen LogP contribution in [0.2, 0.25) is 0 Å². The number of aliphatic imine (C=N–C) groups is 1. The van der Waals surface area contributed by atoms with Crippen molar-refractivity contribution in [2.45, 2.75) is 52.4 Å². The molecule has 2 saturated heterocycles. The van der Waals surface area contributed by atoms with Crippen molar-refractivity contribution in [3.63, 3.8) is 0 Å². The number of piperidine rings is 1. The minimum atomic E-state index is 0. The molecule has 26 heavy (non-hydrogen) atoms. The van der Waals surface area contributed by atoms with Gasteiger partial charge in [0.2, 0.25) is 5.91 Å². The van der Waals surface area contributed by atoms with Gasteiger partial charge in [-0.05, 0) is 58.0 Å². The number of guanidine groups is 1. The van der Waals surface area contributed by atoms with Crippen molar-refractivity contribution in [3.8, 4) is 0 Å². The Balaban J connectivity index is 0.00000338. The van der Waals surface area contributed by atoms with Gasteiger partial charge in [-0.25, -0.2) is 0 Å². The molecule has 7 heteroatoms. The highest BCUT2D eigenvalue weighted by molar-refractivity contribution is 14.0. The molecule has 2 rings (SSSR count). The minimum Gasteiger partial charge on any atom is -0.357 e. The van der Waals surface area contributed by atoms with Crippen LogP contribution in [0.3, 0.4) is 0 Å². The van der Waals surface area contributed by atoms with Crippen LogP contribution in [0.5, 0.6) is 0 Å². The average Bonchev–Trinajstić information content (AvgIpc) is 3.00. The summed E-state index contributed by atoms with van der Waals surface area (Å²) in [7, 11) is 0. The fourth-order valence-corrected chi connectivity index (χ4v) is 3.73. The summed E-state index contributed by atoms with van der Waals surface area (Å²) in [5.41, 5.74) is 0. The van der Waals surface area contributed by atoms with Crippen LogP contribution in [-0.2, 0) is 4.79 Å². The molecule has 2 aliphatic heterocycles. The van der Waals surface area contributed by atoms with E-state index in [0.29, 0.717) is 5.91 Å². The molecule has 2 aliphatic rings. The van der Waals surface area contributed by atoms with Gasteiger partial charge in [-0.1, -0.05) is 6.92 Å². The second kappa shape index (κ2) is 13.6. The third-order valence-electron chi connectivity index (χ3n) is 5.06. The number of hydrogen-bond donors (Lipinski definition) is 2. The second-order valence-corrected chi connectivity index (χ2v) is 7.43. The highest BCUT2D eigenvalue weighted by Crippen LogP contribution is 2.15. The van der Waals surface area contributed by atoms with Gasteiger partial charge in [-0.2, -0.15) is 0 Å². The molecular weight excluding hydrogens is 441 g/mol. The SMILES string of the molecule is CCNC(=NCCCN1CCCC1=O)NCCCN1CCCC(C)C1.I. The van der Waals surface area contributed by atoms with Gasteiger partial charge in [-0.15, -0.1) is 24.0 Å². The topological polar surface area (TPSA) is 60.0 Å². The molecule has 2 heterocycles. The molecule has 2 N–H and O–H groups in total. The molecule has 0 aromatic heterocycles. The molecule has 6 nitrogen and oxygen atoms in total. The number of carbonyl (C=O) groups is 1. The van der Waals surface area contributed by atoms with Crippen LogP contribution < -0.4 is 10.6 Å². The average molecular weight is 479 g/mol. The Morgan fingerprint density at radius 3 is 2.73 bits per heavy atom. The number of nitrogens with one attached hydrogen (secondary N) is 2. The van der Waals surface area contributed by atoms with Crippen molar-refractivity contribution in [1.29, 1.82) is 0 Å². The van der Waals surface area contributed by atoms with Gasteiger partial charge in [-0.3, -0.25) is 9.79 Å². The van der Waals surface area contributed by atoms with Gasteiger partial charge in [0, 0.05) is 45.7 Å². The Kier molecular flexibility index (Phi) is 12.3. The summed E-state index contributed by atoms with van der Waals surface area (Å²) in [5, 5.41) is 6.75. The predicted molar refractivity (Wildman–Crippen MR) is 119 cm³/mol. The standard InChI is InChI=1S/C19H37N5O.HI/c1-3-20-19(22-11-7-15-24-14-5-9-18(24)25)21-10-6-13-23-12-4-8-17(2)16-23;/h17H,3-16H2,1-2H3,(H2,20,21,22);1H. The van der Waals surface area contributed by atoms with Crippen LogP contribution in [-0.4, -0.2) is 74.0 Å². The molecule has 0 saturated carbocycles. The van der Waals surface area contributed by atoms with Crippen molar-refractivity contribution in [2.75, 3.05) is 52.4 Å². The van der Waals surface area contributed by atoms with E-state index in [0.717, 1.165) is 70.3 Å². The molecule has 2 fully saturated rings. The number of rotatable bonds is 9.